The molecule has 1 unspecified atom stereocenters. The first-order chi connectivity index (χ1) is 8.31. The molecule has 2 aliphatic heterocycles. The van der Waals surface area contributed by atoms with Crippen molar-refractivity contribution in [2.24, 2.45) is 0 Å². The second-order valence-corrected chi connectivity index (χ2v) is 5.03. The van der Waals surface area contributed by atoms with Gasteiger partial charge in [0.05, 0.1) is 17.4 Å². The molecule has 3 rings (SSSR count). The summed E-state index contributed by atoms with van der Waals surface area (Å²) in [6.45, 7) is 10.1. The van der Waals surface area contributed by atoms with Gasteiger partial charge < -0.3 is 15.1 Å². The van der Waals surface area contributed by atoms with Crippen LogP contribution in [-0.4, -0.2) is 38.8 Å². The van der Waals surface area contributed by atoms with E-state index in [0.717, 1.165) is 32.7 Å². The molecule has 92 valence electrons. The predicted octanol–water partition coefficient (Wildman–Crippen LogP) is 1.61. The number of rotatable bonds is 1. The lowest BCUT2D eigenvalue weighted by Crippen LogP contribution is -2.59. The van der Waals surface area contributed by atoms with Crippen LogP contribution in [-0.2, 0) is 0 Å². The highest BCUT2D eigenvalue weighted by Gasteiger charge is 2.32. The molecule has 2 aliphatic rings. The van der Waals surface area contributed by atoms with Crippen molar-refractivity contribution < 1.29 is 0 Å². The third kappa shape index (κ3) is 1.69. The second-order valence-electron chi connectivity index (χ2n) is 5.03. The van der Waals surface area contributed by atoms with Crippen molar-refractivity contribution in [2.75, 3.05) is 42.5 Å². The highest BCUT2D eigenvalue weighted by molar-refractivity contribution is 5.77. The number of likely N-dealkylation sites (N-methyl/N-ethyl adjacent to an activating group) is 1. The molecule has 1 atom stereocenters. The Balaban J connectivity index is 2.07. The molecule has 0 saturated carbocycles. The Morgan fingerprint density at radius 3 is 3.12 bits per heavy atom. The number of fused-ring (bicyclic) bond motifs is 3. The lowest BCUT2D eigenvalue weighted by Gasteiger charge is -2.47. The van der Waals surface area contributed by atoms with Crippen LogP contribution in [0.4, 0.5) is 11.4 Å². The van der Waals surface area contributed by atoms with E-state index >= 15 is 0 Å². The largest absolute Gasteiger partial charge is 0.368 e. The van der Waals surface area contributed by atoms with Crippen LogP contribution in [0.15, 0.2) is 18.2 Å². The van der Waals surface area contributed by atoms with Crippen LogP contribution in [0.25, 0.3) is 0 Å². The number of para-hydroxylation sites is 1. The molecule has 0 aromatic heterocycles. The summed E-state index contributed by atoms with van der Waals surface area (Å²) in [4.78, 5) is 5.11. The number of aryl methyl sites for hydroxylation is 1. The maximum absolute atomic E-state index is 3.51. The Morgan fingerprint density at radius 2 is 2.29 bits per heavy atom. The molecule has 0 radical (unpaired) electrons. The van der Waals surface area contributed by atoms with Gasteiger partial charge in [-0.2, -0.15) is 0 Å². The zero-order valence-electron chi connectivity index (χ0n) is 10.7. The summed E-state index contributed by atoms with van der Waals surface area (Å²) in [5.41, 5.74) is 4.29. The van der Waals surface area contributed by atoms with Crippen molar-refractivity contribution >= 4 is 11.4 Å². The van der Waals surface area contributed by atoms with Crippen LogP contribution >= 0.6 is 0 Å². The third-order valence-corrected chi connectivity index (χ3v) is 4.01. The highest BCUT2D eigenvalue weighted by atomic mass is 15.3. The zero-order valence-corrected chi connectivity index (χ0v) is 10.7. The molecule has 0 aliphatic carbocycles. The van der Waals surface area contributed by atoms with Gasteiger partial charge in [0.25, 0.3) is 0 Å². The third-order valence-electron chi connectivity index (χ3n) is 4.01. The minimum atomic E-state index is 0.637. The molecule has 1 saturated heterocycles. The van der Waals surface area contributed by atoms with Crippen LogP contribution in [0.1, 0.15) is 12.5 Å². The van der Waals surface area contributed by atoms with E-state index in [-0.39, 0.29) is 0 Å². The summed E-state index contributed by atoms with van der Waals surface area (Å²) >= 11 is 0. The van der Waals surface area contributed by atoms with E-state index in [2.05, 4.69) is 47.2 Å². The molecule has 1 aromatic rings. The van der Waals surface area contributed by atoms with Gasteiger partial charge in [-0.05, 0) is 25.5 Å². The van der Waals surface area contributed by atoms with E-state index < -0.39 is 0 Å². The summed E-state index contributed by atoms with van der Waals surface area (Å²) in [6.07, 6.45) is 0. The average Bonchev–Trinajstić information content (AvgIpc) is 2.38. The molecule has 17 heavy (non-hydrogen) atoms. The lowest BCUT2D eigenvalue weighted by molar-refractivity contribution is 0.460. The Hall–Kier alpha value is -1.22. The molecule has 1 aromatic carbocycles. The summed E-state index contributed by atoms with van der Waals surface area (Å²) < 4.78 is 0. The van der Waals surface area contributed by atoms with E-state index in [4.69, 9.17) is 0 Å². The summed E-state index contributed by atoms with van der Waals surface area (Å²) in [7, 11) is 0. The fraction of sp³-hybridized carbons (Fsp3) is 0.571. The molecular formula is C14H21N3. The predicted molar refractivity (Wildman–Crippen MR) is 73.1 cm³/mol. The minimum Gasteiger partial charge on any atom is -0.368 e. The van der Waals surface area contributed by atoms with Gasteiger partial charge in [0.1, 0.15) is 0 Å². The van der Waals surface area contributed by atoms with Crippen LogP contribution in [0.2, 0.25) is 0 Å². The molecular weight excluding hydrogens is 210 g/mol. The zero-order chi connectivity index (χ0) is 11.8. The number of benzene rings is 1. The topological polar surface area (TPSA) is 18.5 Å². The number of anilines is 2. The highest BCUT2D eigenvalue weighted by Crippen LogP contribution is 2.38. The number of hydrogen-bond donors (Lipinski definition) is 1. The first-order valence-electron chi connectivity index (χ1n) is 6.63. The van der Waals surface area contributed by atoms with Crippen molar-refractivity contribution in [3.8, 4) is 0 Å². The van der Waals surface area contributed by atoms with Crippen LogP contribution < -0.4 is 15.1 Å². The summed E-state index contributed by atoms with van der Waals surface area (Å²) in [5.74, 6) is 0. The quantitative estimate of drug-likeness (QED) is 0.792. The number of piperazine rings is 1. The smallest absolute Gasteiger partial charge is 0.0634 e. The molecule has 3 nitrogen and oxygen atoms in total. The maximum Gasteiger partial charge on any atom is 0.0634 e. The lowest BCUT2D eigenvalue weighted by atomic mass is 10.0. The number of nitrogens with one attached hydrogen (secondary N) is 1. The van der Waals surface area contributed by atoms with Crippen LogP contribution in [0.5, 0.6) is 0 Å². The van der Waals surface area contributed by atoms with Gasteiger partial charge in [-0.25, -0.2) is 0 Å². The maximum atomic E-state index is 3.51. The number of nitrogens with zero attached hydrogens (tertiary/aromatic N) is 2. The van der Waals surface area contributed by atoms with Crippen molar-refractivity contribution in [3.05, 3.63) is 23.8 Å². The van der Waals surface area contributed by atoms with Gasteiger partial charge in [-0.15, -0.1) is 0 Å². The Bertz CT molecular complexity index is 416. The van der Waals surface area contributed by atoms with E-state index in [0.29, 0.717) is 6.04 Å². The standard InChI is InChI=1S/C14H21N3/c1-3-16-10-12-9-15-7-8-17(12)13-6-4-5-11(2)14(13)16/h4-6,12,15H,3,7-10H2,1-2H3. The first-order valence-corrected chi connectivity index (χ1v) is 6.63. The van der Waals surface area contributed by atoms with Gasteiger partial charge in [-0.3, -0.25) is 0 Å². The average molecular weight is 231 g/mol. The van der Waals surface area contributed by atoms with Gasteiger partial charge >= 0.3 is 0 Å². The van der Waals surface area contributed by atoms with Crippen molar-refractivity contribution in [1.29, 1.82) is 0 Å². The number of hydrogen-bond acceptors (Lipinski definition) is 3. The molecule has 2 heterocycles. The second kappa shape index (κ2) is 4.22. The SMILES string of the molecule is CCN1CC2CNCCN2c2cccc(C)c21. The van der Waals surface area contributed by atoms with Gasteiger partial charge in [0, 0.05) is 32.7 Å². The van der Waals surface area contributed by atoms with E-state index in [1.165, 1.54) is 16.9 Å². The Kier molecular flexibility index (Phi) is 2.71. The normalized spacial score (nSPS) is 23.3. The fourth-order valence-electron chi connectivity index (χ4n) is 3.16. The van der Waals surface area contributed by atoms with Gasteiger partial charge in [0.2, 0.25) is 0 Å². The molecule has 1 N–H and O–H groups in total. The first kappa shape index (κ1) is 10.9. The van der Waals surface area contributed by atoms with E-state index in [1.807, 2.05) is 0 Å². The van der Waals surface area contributed by atoms with Gasteiger partial charge in [0.15, 0.2) is 0 Å². The van der Waals surface area contributed by atoms with Crippen molar-refractivity contribution in [2.45, 2.75) is 19.9 Å². The molecule has 0 spiro atoms. The van der Waals surface area contributed by atoms with Gasteiger partial charge in [-0.1, -0.05) is 12.1 Å². The van der Waals surface area contributed by atoms with E-state index in [9.17, 15) is 0 Å². The van der Waals surface area contributed by atoms with Crippen LogP contribution in [0.3, 0.4) is 0 Å². The van der Waals surface area contributed by atoms with Crippen molar-refractivity contribution in [3.63, 3.8) is 0 Å². The van der Waals surface area contributed by atoms with Crippen LogP contribution in [0, 0.1) is 6.92 Å². The monoisotopic (exact) mass is 231 g/mol. The summed E-state index contributed by atoms with van der Waals surface area (Å²) in [6, 6.07) is 7.33. The van der Waals surface area contributed by atoms with Crippen molar-refractivity contribution in [1.82, 2.24) is 5.32 Å². The Morgan fingerprint density at radius 1 is 1.41 bits per heavy atom. The fourth-order valence-corrected chi connectivity index (χ4v) is 3.16. The molecule has 1 fully saturated rings. The summed E-state index contributed by atoms with van der Waals surface area (Å²) in [5, 5.41) is 3.51. The minimum absolute atomic E-state index is 0.637. The Labute approximate surface area is 103 Å². The molecule has 0 bridgehead atoms. The van der Waals surface area contributed by atoms with E-state index in [1.54, 1.807) is 0 Å². The molecule has 0 amide bonds. The molecule has 3 heteroatoms.